The summed E-state index contributed by atoms with van der Waals surface area (Å²) in [4.78, 5) is 24.1. The van der Waals surface area contributed by atoms with Gasteiger partial charge in [0.05, 0.1) is 7.11 Å². The van der Waals surface area contributed by atoms with E-state index in [1.165, 1.54) is 7.11 Å². The lowest BCUT2D eigenvalue weighted by molar-refractivity contribution is -0.143. The molecule has 1 unspecified atom stereocenters. The van der Waals surface area contributed by atoms with E-state index in [0.29, 0.717) is 5.56 Å². The average molecular weight is 357 g/mol. The molecule has 2 aromatic rings. The summed E-state index contributed by atoms with van der Waals surface area (Å²) in [6, 6.07) is 11.8. The Bertz CT molecular complexity index is 750. The summed E-state index contributed by atoms with van der Waals surface area (Å²) >= 11 is 0. The van der Waals surface area contributed by atoms with Crippen LogP contribution < -0.4 is 5.32 Å². The van der Waals surface area contributed by atoms with Crippen LogP contribution in [0.5, 0.6) is 5.75 Å². The molecule has 0 aromatic heterocycles. The van der Waals surface area contributed by atoms with Gasteiger partial charge in [-0.15, -0.1) is 0 Å². The molecular formula is C20H23NO5. The number of nitrogens with one attached hydrogen (secondary N) is 1. The molecule has 2 aromatic carbocycles. The van der Waals surface area contributed by atoms with Crippen molar-refractivity contribution in [2.75, 3.05) is 7.11 Å². The molecule has 0 aliphatic heterocycles. The SMILES string of the molecule is COC(=O)C(Cc1c(C)cc(C)cc1O)NC(=O)OCc1ccccc1. The summed E-state index contributed by atoms with van der Waals surface area (Å²) in [5.41, 5.74) is 3.16. The van der Waals surface area contributed by atoms with E-state index < -0.39 is 18.1 Å². The Hall–Kier alpha value is -3.02. The molecule has 0 aliphatic carbocycles. The summed E-state index contributed by atoms with van der Waals surface area (Å²) < 4.78 is 9.91. The number of hydrogen-bond acceptors (Lipinski definition) is 5. The monoisotopic (exact) mass is 357 g/mol. The number of alkyl carbamates (subject to hydrolysis) is 1. The normalized spacial score (nSPS) is 11.5. The Morgan fingerprint density at radius 1 is 1.15 bits per heavy atom. The van der Waals surface area contributed by atoms with E-state index in [1.54, 1.807) is 6.07 Å². The van der Waals surface area contributed by atoms with Crippen LogP contribution >= 0.6 is 0 Å². The van der Waals surface area contributed by atoms with E-state index >= 15 is 0 Å². The summed E-state index contributed by atoms with van der Waals surface area (Å²) in [5.74, 6) is -0.531. The van der Waals surface area contributed by atoms with Gasteiger partial charge in [0.15, 0.2) is 0 Å². The molecule has 1 amide bonds. The van der Waals surface area contributed by atoms with Crippen LogP contribution in [0.2, 0.25) is 0 Å². The number of benzene rings is 2. The minimum absolute atomic E-state index is 0.0795. The predicted octanol–water partition coefficient (Wildman–Crippen LogP) is 3.02. The van der Waals surface area contributed by atoms with Gasteiger partial charge in [-0.25, -0.2) is 9.59 Å². The van der Waals surface area contributed by atoms with Crippen LogP contribution in [0, 0.1) is 13.8 Å². The fourth-order valence-electron chi connectivity index (χ4n) is 2.69. The Balaban J connectivity index is 2.05. The van der Waals surface area contributed by atoms with Crippen molar-refractivity contribution in [1.29, 1.82) is 0 Å². The van der Waals surface area contributed by atoms with Gasteiger partial charge in [0.2, 0.25) is 0 Å². The topological polar surface area (TPSA) is 84.9 Å². The van der Waals surface area contributed by atoms with Gasteiger partial charge in [0.1, 0.15) is 18.4 Å². The van der Waals surface area contributed by atoms with Crippen molar-refractivity contribution in [2.24, 2.45) is 0 Å². The number of hydrogen-bond donors (Lipinski definition) is 2. The third-order valence-electron chi connectivity index (χ3n) is 3.99. The van der Waals surface area contributed by atoms with Gasteiger partial charge in [-0.3, -0.25) is 0 Å². The molecule has 0 saturated carbocycles. The molecule has 0 aliphatic rings. The second-order valence-electron chi connectivity index (χ2n) is 6.07. The van der Waals surface area contributed by atoms with E-state index in [-0.39, 0.29) is 18.8 Å². The maximum Gasteiger partial charge on any atom is 0.408 e. The molecule has 0 heterocycles. The molecule has 0 radical (unpaired) electrons. The van der Waals surface area contributed by atoms with Gasteiger partial charge < -0.3 is 19.9 Å². The number of methoxy groups -OCH3 is 1. The predicted molar refractivity (Wildman–Crippen MR) is 96.9 cm³/mol. The van der Waals surface area contributed by atoms with Gasteiger partial charge >= 0.3 is 12.1 Å². The number of carbonyl (C=O) groups excluding carboxylic acids is 2. The maximum absolute atomic E-state index is 12.1. The molecule has 6 heteroatoms. The zero-order valence-corrected chi connectivity index (χ0v) is 15.1. The first kappa shape index (κ1) is 19.3. The van der Waals surface area contributed by atoms with Crippen LogP contribution in [0.1, 0.15) is 22.3 Å². The van der Waals surface area contributed by atoms with Crippen molar-refractivity contribution < 1.29 is 24.2 Å². The molecular weight excluding hydrogens is 334 g/mol. The van der Waals surface area contributed by atoms with Crippen molar-refractivity contribution in [1.82, 2.24) is 5.32 Å². The fraction of sp³-hybridized carbons (Fsp3) is 0.300. The molecule has 2 rings (SSSR count). The minimum atomic E-state index is -0.962. The Kier molecular flexibility index (Phi) is 6.60. The Labute approximate surface area is 152 Å². The minimum Gasteiger partial charge on any atom is -0.508 e. The van der Waals surface area contributed by atoms with Crippen LogP contribution in [-0.4, -0.2) is 30.3 Å². The standard InChI is InChI=1S/C20H23NO5/c1-13-9-14(2)16(18(22)10-13)11-17(19(23)25-3)21-20(24)26-12-15-7-5-4-6-8-15/h4-10,17,22H,11-12H2,1-3H3,(H,21,24). The van der Waals surface area contributed by atoms with Crippen LogP contribution in [0.3, 0.4) is 0 Å². The molecule has 0 spiro atoms. The lowest BCUT2D eigenvalue weighted by Crippen LogP contribution is -2.43. The van der Waals surface area contributed by atoms with Gasteiger partial charge in [-0.05, 0) is 42.2 Å². The highest BCUT2D eigenvalue weighted by atomic mass is 16.6. The number of aromatic hydroxyl groups is 1. The highest BCUT2D eigenvalue weighted by molar-refractivity contribution is 5.81. The summed E-state index contributed by atoms with van der Waals surface area (Å²) in [7, 11) is 1.24. The van der Waals surface area contributed by atoms with E-state index in [4.69, 9.17) is 9.47 Å². The lowest BCUT2D eigenvalue weighted by atomic mass is 9.98. The summed E-state index contributed by atoms with van der Waals surface area (Å²) in [5, 5.41) is 12.7. The highest BCUT2D eigenvalue weighted by Gasteiger charge is 2.25. The average Bonchev–Trinajstić information content (AvgIpc) is 2.62. The van der Waals surface area contributed by atoms with Gasteiger partial charge in [-0.2, -0.15) is 0 Å². The quantitative estimate of drug-likeness (QED) is 0.776. The van der Waals surface area contributed by atoms with E-state index in [0.717, 1.165) is 16.7 Å². The van der Waals surface area contributed by atoms with Crippen LogP contribution in [0.15, 0.2) is 42.5 Å². The molecule has 0 bridgehead atoms. The second-order valence-corrected chi connectivity index (χ2v) is 6.07. The van der Waals surface area contributed by atoms with Crippen LogP contribution in [-0.2, 0) is 27.3 Å². The number of phenols is 1. The van der Waals surface area contributed by atoms with Gasteiger partial charge in [0, 0.05) is 6.42 Å². The van der Waals surface area contributed by atoms with Crippen molar-refractivity contribution >= 4 is 12.1 Å². The van der Waals surface area contributed by atoms with Gasteiger partial charge in [0.25, 0.3) is 0 Å². The van der Waals surface area contributed by atoms with Crippen LogP contribution in [0.25, 0.3) is 0 Å². The number of rotatable bonds is 6. The Morgan fingerprint density at radius 3 is 2.46 bits per heavy atom. The zero-order valence-electron chi connectivity index (χ0n) is 15.1. The number of carbonyl (C=O) groups is 2. The fourth-order valence-corrected chi connectivity index (χ4v) is 2.69. The summed E-state index contributed by atoms with van der Waals surface area (Å²) in [6.07, 6.45) is -0.626. The first-order valence-corrected chi connectivity index (χ1v) is 8.25. The third kappa shape index (κ3) is 5.24. The lowest BCUT2D eigenvalue weighted by Gasteiger charge is -2.18. The number of aryl methyl sites for hydroxylation is 2. The first-order valence-electron chi connectivity index (χ1n) is 8.25. The second kappa shape index (κ2) is 8.89. The number of esters is 1. The number of ether oxygens (including phenoxy) is 2. The molecule has 2 N–H and O–H groups in total. The van der Waals surface area contributed by atoms with Crippen molar-refractivity contribution in [3.63, 3.8) is 0 Å². The number of amides is 1. The van der Waals surface area contributed by atoms with E-state index in [2.05, 4.69) is 5.32 Å². The van der Waals surface area contributed by atoms with Crippen molar-refractivity contribution in [3.8, 4) is 5.75 Å². The third-order valence-corrected chi connectivity index (χ3v) is 3.99. The zero-order chi connectivity index (χ0) is 19.1. The van der Waals surface area contributed by atoms with E-state index in [1.807, 2.05) is 50.2 Å². The first-order chi connectivity index (χ1) is 12.4. The van der Waals surface area contributed by atoms with Crippen molar-refractivity contribution in [3.05, 3.63) is 64.7 Å². The van der Waals surface area contributed by atoms with Gasteiger partial charge in [-0.1, -0.05) is 36.4 Å². The smallest absolute Gasteiger partial charge is 0.408 e. The number of phenolic OH excluding ortho intramolecular Hbond substituents is 1. The van der Waals surface area contributed by atoms with Crippen molar-refractivity contribution in [2.45, 2.75) is 32.9 Å². The van der Waals surface area contributed by atoms with Crippen LogP contribution in [0.4, 0.5) is 4.79 Å². The molecule has 6 nitrogen and oxygen atoms in total. The largest absolute Gasteiger partial charge is 0.508 e. The molecule has 1 atom stereocenters. The molecule has 26 heavy (non-hydrogen) atoms. The maximum atomic E-state index is 12.1. The highest BCUT2D eigenvalue weighted by Crippen LogP contribution is 2.24. The Morgan fingerprint density at radius 2 is 1.85 bits per heavy atom. The van der Waals surface area contributed by atoms with E-state index in [9.17, 15) is 14.7 Å². The molecule has 138 valence electrons. The molecule has 0 saturated heterocycles. The summed E-state index contributed by atoms with van der Waals surface area (Å²) in [6.45, 7) is 3.80. The molecule has 0 fully saturated rings.